The third kappa shape index (κ3) is 4.70. The second-order valence-electron chi connectivity index (χ2n) is 6.45. The number of carboxylic acid groups (broad SMARTS) is 6. The van der Waals surface area contributed by atoms with Gasteiger partial charge in [0.2, 0.25) is 0 Å². The lowest BCUT2D eigenvalue weighted by molar-refractivity contribution is 0.0646. The normalized spacial score (nSPS) is 10.4. The molecule has 12 nitrogen and oxygen atoms in total. The Bertz CT molecular complexity index is 1100. The van der Waals surface area contributed by atoms with Crippen LogP contribution in [0, 0.1) is 0 Å². The van der Waals surface area contributed by atoms with Gasteiger partial charge < -0.3 is 30.6 Å². The predicted octanol–water partition coefficient (Wildman–Crippen LogP) is 1.66. The van der Waals surface area contributed by atoms with Gasteiger partial charge in [-0.1, -0.05) is 0 Å². The first-order valence-corrected chi connectivity index (χ1v) is 8.58. The monoisotopic (exact) mass is 446 g/mol. The maximum atomic E-state index is 11.6. The van der Waals surface area contributed by atoms with Crippen molar-refractivity contribution in [1.29, 1.82) is 0 Å². The van der Waals surface area contributed by atoms with Crippen molar-refractivity contribution in [3.63, 3.8) is 0 Å². The van der Waals surface area contributed by atoms with Crippen LogP contribution in [0.4, 0.5) is 0 Å². The SMILES string of the molecule is O=C(O)c1cc(CCc2cc(C(=O)O)cc(C(=O)O)c2C(=O)O)c(C(=O)O)c(C(=O)O)c1. The molecule has 0 atom stereocenters. The zero-order chi connectivity index (χ0) is 24.3. The van der Waals surface area contributed by atoms with Crippen molar-refractivity contribution >= 4 is 35.8 Å². The number of aromatic carboxylic acids is 6. The van der Waals surface area contributed by atoms with Crippen molar-refractivity contribution < 1.29 is 59.4 Å². The Morgan fingerprint density at radius 1 is 0.469 bits per heavy atom. The van der Waals surface area contributed by atoms with Crippen molar-refractivity contribution in [2.24, 2.45) is 0 Å². The molecule has 2 rings (SSSR count). The van der Waals surface area contributed by atoms with Crippen molar-refractivity contribution in [2.45, 2.75) is 12.8 Å². The van der Waals surface area contributed by atoms with Gasteiger partial charge in [-0.3, -0.25) is 0 Å². The fourth-order valence-electron chi connectivity index (χ4n) is 3.16. The lowest BCUT2D eigenvalue weighted by atomic mass is 9.90. The number of rotatable bonds is 9. The molecule has 6 N–H and O–H groups in total. The summed E-state index contributed by atoms with van der Waals surface area (Å²) < 4.78 is 0. The summed E-state index contributed by atoms with van der Waals surface area (Å²) in [7, 11) is 0. The molecule has 32 heavy (non-hydrogen) atoms. The van der Waals surface area contributed by atoms with Gasteiger partial charge in [0.25, 0.3) is 0 Å². The first-order valence-electron chi connectivity index (χ1n) is 8.58. The summed E-state index contributed by atoms with van der Waals surface area (Å²) in [6, 6.07) is 3.12. The maximum Gasteiger partial charge on any atom is 0.336 e. The molecule has 0 radical (unpaired) electrons. The summed E-state index contributed by atoms with van der Waals surface area (Å²) in [5.41, 5.74) is -4.70. The van der Waals surface area contributed by atoms with Gasteiger partial charge in [0, 0.05) is 0 Å². The standard InChI is InChI=1S/C20H14O12/c21-15(22)9-3-7(13(19(29)30)11(5-9)17(25)26)1-2-8-4-10(16(23)24)6-12(18(27)28)14(8)20(31)32/h3-6H,1-2H2,(H,21,22)(H,23,24)(H,25,26)(H,27,28)(H,29,30)(H,31,32). The second kappa shape index (κ2) is 8.95. The van der Waals surface area contributed by atoms with Gasteiger partial charge in [0.05, 0.1) is 33.4 Å². The molecule has 0 aromatic heterocycles. The van der Waals surface area contributed by atoms with Crippen LogP contribution in [0.15, 0.2) is 24.3 Å². The molecule has 0 unspecified atom stereocenters. The van der Waals surface area contributed by atoms with Crippen LogP contribution in [0.25, 0.3) is 0 Å². The van der Waals surface area contributed by atoms with E-state index < -0.39 is 82.0 Å². The summed E-state index contributed by atoms with van der Waals surface area (Å²) in [6.45, 7) is 0. The van der Waals surface area contributed by atoms with E-state index in [0.29, 0.717) is 12.1 Å². The Hall–Kier alpha value is -4.74. The highest BCUT2D eigenvalue weighted by Crippen LogP contribution is 2.24. The van der Waals surface area contributed by atoms with E-state index in [9.17, 15) is 59.4 Å². The van der Waals surface area contributed by atoms with Gasteiger partial charge in [-0.2, -0.15) is 0 Å². The third-order valence-electron chi connectivity index (χ3n) is 4.49. The maximum absolute atomic E-state index is 11.6. The average Bonchev–Trinajstić information content (AvgIpc) is 2.69. The van der Waals surface area contributed by atoms with Crippen LogP contribution in [0.2, 0.25) is 0 Å². The number of carboxylic acids is 6. The van der Waals surface area contributed by atoms with Gasteiger partial charge in [0.1, 0.15) is 0 Å². The largest absolute Gasteiger partial charge is 0.478 e. The first-order chi connectivity index (χ1) is 14.8. The molecular formula is C20H14O12. The van der Waals surface area contributed by atoms with E-state index in [-0.39, 0.29) is 11.1 Å². The molecule has 2 aromatic rings. The van der Waals surface area contributed by atoms with Crippen molar-refractivity contribution in [3.8, 4) is 0 Å². The molecule has 0 bridgehead atoms. The number of benzene rings is 2. The van der Waals surface area contributed by atoms with Crippen LogP contribution in [0.3, 0.4) is 0 Å². The van der Waals surface area contributed by atoms with Crippen molar-refractivity contribution in [1.82, 2.24) is 0 Å². The second-order valence-corrected chi connectivity index (χ2v) is 6.45. The van der Waals surface area contributed by atoms with Crippen LogP contribution < -0.4 is 0 Å². The van der Waals surface area contributed by atoms with E-state index in [2.05, 4.69) is 0 Å². The van der Waals surface area contributed by atoms with Crippen LogP contribution >= 0.6 is 0 Å². The van der Waals surface area contributed by atoms with E-state index in [1.54, 1.807) is 0 Å². The fraction of sp³-hybridized carbons (Fsp3) is 0.100. The Morgan fingerprint density at radius 2 is 0.781 bits per heavy atom. The molecule has 0 spiro atoms. The van der Waals surface area contributed by atoms with E-state index >= 15 is 0 Å². The first kappa shape index (κ1) is 23.5. The molecule has 0 amide bonds. The minimum absolute atomic E-state index is 0.274. The topological polar surface area (TPSA) is 224 Å². The van der Waals surface area contributed by atoms with Crippen LogP contribution in [0.1, 0.15) is 73.3 Å². The number of aryl methyl sites for hydroxylation is 2. The van der Waals surface area contributed by atoms with Crippen molar-refractivity contribution in [2.75, 3.05) is 0 Å². The molecule has 0 heterocycles. The van der Waals surface area contributed by atoms with Crippen molar-refractivity contribution in [3.05, 3.63) is 68.8 Å². The lowest BCUT2D eigenvalue weighted by Gasteiger charge is -2.14. The summed E-state index contributed by atoms with van der Waals surface area (Å²) in [5.74, 6) is -9.87. The molecule has 0 fully saturated rings. The zero-order valence-electron chi connectivity index (χ0n) is 15.9. The Kier molecular flexibility index (Phi) is 6.59. The molecule has 0 aliphatic heterocycles. The zero-order valence-corrected chi connectivity index (χ0v) is 15.9. The Morgan fingerprint density at radius 3 is 1.00 bits per heavy atom. The third-order valence-corrected chi connectivity index (χ3v) is 4.49. The average molecular weight is 446 g/mol. The molecule has 0 saturated carbocycles. The highest BCUT2D eigenvalue weighted by atomic mass is 16.4. The number of hydrogen-bond donors (Lipinski definition) is 6. The van der Waals surface area contributed by atoms with E-state index in [1.165, 1.54) is 0 Å². The lowest BCUT2D eigenvalue weighted by Crippen LogP contribution is -2.17. The van der Waals surface area contributed by atoms with E-state index in [0.717, 1.165) is 12.1 Å². The van der Waals surface area contributed by atoms with Gasteiger partial charge in [-0.15, -0.1) is 0 Å². The fourth-order valence-corrected chi connectivity index (χ4v) is 3.16. The summed E-state index contributed by atoms with van der Waals surface area (Å²) in [5, 5.41) is 55.8. The highest BCUT2D eigenvalue weighted by Gasteiger charge is 2.26. The highest BCUT2D eigenvalue weighted by molar-refractivity contribution is 6.06. The van der Waals surface area contributed by atoms with E-state index in [1.807, 2.05) is 0 Å². The van der Waals surface area contributed by atoms with Crippen LogP contribution in [0.5, 0.6) is 0 Å². The Balaban J connectivity index is 2.70. The smallest absolute Gasteiger partial charge is 0.336 e. The van der Waals surface area contributed by atoms with Crippen LogP contribution in [-0.4, -0.2) is 66.5 Å². The van der Waals surface area contributed by atoms with Gasteiger partial charge in [-0.05, 0) is 48.2 Å². The van der Waals surface area contributed by atoms with Crippen LogP contribution in [-0.2, 0) is 12.8 Å². The minimum Gasteiger partial charge on any atom is -0.478 e. The summed E-state index contributed by atoms with van der Waals surface area (Å²) >= 11 is 0. The quantitative estimate of drug-likeness (QED) is 0.323. The summed E-state index contributed by atoms with van der Waals surface area (Å²) in [6.07, 6.45) is -0.850. The minimum atomic E-state index is -1.71. The van der Waals surface area contributed by atoms with Gasteiger partial charge in [0.15, 0.2) is 0 Å². The molecule has 0 aliphatic rings. The molecule has 166 valence electrons. The Labute approximate surface area is 177 Å². The molecular weight excluding hydrogens is 432 g/mol. The molecule has 2 aromatic carbocycles. The molecule has 0 aliphatic carbocycles. The van der Waals surface area contributed by atoms with E-state index in [4.69, 9.17) is 0 Å². The summed E-state index contributed by atoms with van der Waals surface area (Å²) in [4.78, 5) is 68.8. The molecule has 12 heteroatoms. The van der Waals surface area contributed by atoms with Gasteiger partial charge >= 0.3 is 35.8 Å². The number of hydrogen-bond acceptors (Lipinski definition) is 6. The van der Waals surface area contributed by atoms with Gasteiger partial charge in [-0.25, -0.2) is 28.8 Å². The molecule has 0 saturated heterocycles. The predicted molar refractivity (Wildman–Crippen MR) is 102 cm³/mol. The number of carbonyl (C=O) groups is 6.